The Balaban J connectivity index is 1.71. The molecule has 1 aromatic heterocycles. The molecule has 0 atom stereocenters. The molecule has 1 amide bonds. The number of amidine groups is 1. The number of aliphatic imine (C=N–C) groups is 1. The summed E-state index contributed by atoms with van der Waals surface area (Å²) in [6, 6.07) is 3.89. The van der Waals surface area contributed by atoms with Gasteiger partial charge in [-0.2, -0.15) is 20.2 Å². The van der Waals surface area contributed by atoms with Crippen LogP contribution in [0.25, 0.3) is 0 Å². The van der Waals surface area contributed by atoms with Crippen molar-refractivity contribution in [3.8, 4) is 0 Å². The van der Waals surface area contributed by atoms with Crippen LogP contribution in [0, 0.1) is 0 Å². The summed E-state index contributed by atoms with van der Waals surface area (Å²) in [5, 5.41) is 0. The second kappa shape index (κ2) is 7.16. The molecule has 0 bridgehead atoms. The molecule has 2 rings (SSSR count). The van der Waals surface area contributed by atoms with E-state index in [2.05, 4.69) is 4.99 Å². The zero-order chi connectivity index (χ0) is 16.2. The Kier molecular flexibility index (Phi) is 5.48. The number of nitrogens with one attached hydrogen (secondary N) is 2. The first kappa shape index (κ1) is 16.8. The minimum atomic E-state index is -3.74. The molecule has 0 aromatic carbocycles. The van der Waals surface area contributed by atoms with Crippen LogP contribution in [0.2, 0.25) is 0 Å². The van der Waals surface area contributed by atoms with E-state index in [1.165, 1.54) is 0 Å². The normalized spacial score (nSPS) is 18.7. The Morgan fingerprint density at radius 2 is 2.00 bits per heavy atom. The molecule has 0 aliphatic carbocycles. The molecule has 1 saturated heterocycles. The number of rotatable bonds is 7. The van der Waals surface area contributed by atoms with E-state index in [9.17, 15) is 13.2 Å². The second-order valence-corrected chi connectivity index (χ2v) is 7.45. The van der Waals surface area contributed by atoms with Crippen LogP contribution in [0.1, 0.15) is 11.5 Å². The lowest BCUT2D eigenvalue weighted by Crippen LogP contribution is -2.24. The topological polar surface area (TPSA) is 104 Å². The van der Waals surface area contributed by atoms with Gasteiger partial charge < -0.3 is 9.32 Å². The molecule has 10 heteroatoms. The quantitative estimate of drug-likeness (QED) is 0.670. The molecule has 0 saturated carbocycles. The molecule has 1 aliphatic heterocycles. The van der Waals surface area contributed by atoms with Gasteiger partial charge in [0.1, 0.15) is 11.5 Å². The van der Waals surface area contributed by atoms with Crippen molar-refractivity contribution in [1.82, 2.24) is 14.3 Å². The predicted octanol–water partition coefficient (Wildman–Crippen LogP) is -0.0629. The van der Waals surface area contributed by atoms with Gasteiger partial charge in [-0.25, -0.2) is 9.44 Å². The Bertz CT molecular complexity index is 666. The number of furan rings is 1. The van der Waals surface area contributed by atoms with Crippen molar-refractivity contribution in [2.24, 2.45) is 4.99 Å². The first-order chi connectivity index (χ1) is 10.4. The van der Waals surface area contributed by atoms with Crippen molar-refractivity contribution >= 4 is 33.7 Å². The van der Waals surface area contributed by atoms with Gasteiger partial charge in [0.15, 0.2) is 0 Å². The number of nitrogens with zero attached hydrogens (tertiary/aromatic N) is 2. The second-order valence-electron chi connectivity index (χ2n) is 4.93. The molecular formula is C12H18N4O4S2. The third kappa shape index (κ3) is 5.04. The first-order valence-electron chi connectivity index (χ1n) is 6.55. The van der Waals surface area contributed by atoms with Gasteiger partial charge in [-0.05, 0) is 26.2 Å². The molecule has 2 heterocycles. The average molecular weight is 346 g/mol. The summed E-state index contributed by atoms with van der Waals surface area (Å²) < 4.78 is 31.6. The maximum Gasteiger partial charge on any atom is 0.325 e. The molecule has 1 fully saturated rings. The highest BCUT2D eigenvalue weighted by Crippen LogP contribution is 2.16. The summed E-state index contributed by atoms with van der Waals surface area (Å²) in [7, 11) is 0.208. The number of thioether (sulfide) groups is 1. The van der Waals surface area contributed by atoms with E-state index in [1.54, 1.807) is 16.5 Å². The monoisotopic (exact) mass is 346 g/mol. The van der Waals surface area contributed by atoms with E-state index in [1.807, 2.05) is 35.9 Å². The van der Waals surface area contributed by atoms with Crippen molar-refractivity contribution in [1.29, 1.82) is 0 Å². The first-order valence-corrected chi connectivity index (χ1v) is 9.19. The van der Waals surface area contributed by atoms with E-state index in [-0.39, 0.29) is 5.84 Å². The Morgan fingerprint density at radius 3 is 2.64 bits per heavy atom. The smallest absolute Gasteiger partial charge is 0.325 e. The number of hydrogen-bond acceptors (Lipinski definition) is 7. The maximum absolute atomic E-state index is 11.3. The SMILES string of the molecule is CN(C)Cc1ccc(CSCCN=C2NS(=O)(=O)NC2=O)o1. The van der Waals surface area contributed by atoms with Crippen molar-refractivity contribution in [2.75, 3.05) is 26.4 Å². The lowest BCUT2D eigenvalue weighted by Gasteiger charge is -2.05. The highest BCUT2D eigenvalue weighted by Gasteiger charge is 2.29. The van der Waals surface area contributed by atoms with Crippen molar-refractivity contribution in [3.63, 3.8) is 0 Å². The summed E-state index contributed by atoms with van der Waals surface area (Å²) >= 11 is 1.60. The lowest BCUT2D eigenvalue weighted by molar-refractivity contribution is -0.113. The van der Waals surface area contributed by atoms with Crippen LogP contribution in [0.4, 0.5) is 0 Å². The van der Waals surface area contributed by atoms with Crippen molar-refractivity contribution in [3.05, 3.63) is 23.7 Å². The van der Waals surface area contributed by atoms with E-state index in [0.717, 1.165) is 18.1 Å². The van der Waals surface area contributed by atoms with Gasteiger partial charge in [-0.3, -0.25) is 9.79 Å². The molecule has 0 spiro atoms. The van der Waals surface area contributed by atoms with Gasteiger partial charge in [-0.15, -0.1) is 0 Å². The van der Waals surface area contributed by atoms with Gasteiger partial charge in [0.2, 0.25) is 5.84 Å². The van der Waals surface area contributed by atoms with Crippen LogP contribution in [-0.4, -0.2) is 51.5 Å². The van der Waals surface area contributed by atoms with Gasteiger partial charge in [0.25, 0.3) is 0 Å². The van der Waals surface area contributed by atoms with Crippen LogP contribution in [-0.2, 0) is 27.3 Å². The van der Waals surface area contributed by atoms with E-state index < -0.39 is 16.1 Å². The summed E-state index contributed by atoms with van der Waals surface area (Å²) in [5.74, 6) is 2.28. The van der Waals surface area contributed by atoms with E-state index in [0.29, 0.717) is 18.1 Å². The summed E-state index contributed by atoms with van der Waals surface area (Å²) in [6.45, 7) is 1.11. The largest absolute Gasteiger partial charge is 0.464 e. The van der Waals surface area contributed by atoms with Crippen molar-refractivity contribution < 1.29 is 17.6 Å². The minimum Gasteiger partial charge on any atom is -0.464 e. The molecule has 0 unspecified atom stereocenters. The lowest BCUT2D eigenvalue weighted by atomic mass is 10.4. The number of hydrogen-bond donors (Lipinski definition) is 2. The van der Waals surface area contributed by atoms with E-state index >= 15 is 0 Å². The van der Waals surface area contributed by atoms with Crippen LogP contribution < -0.4 is 9.44 Å². The highest BCUT2D eigenvalue weighted by molar-refractivity contribution is 7.98. The Morgan fingerprint density at radius 1 is 1.27 bits per heavy atom. The molecule has 22 heavy (non-hydrogen) atoms. The zero-order valence-corrected chi connectivity index (χ0v) is 14.0. The fourth-order valence-corrected chi connectivity index (χ4v) is 3.29. The summed E-state index contributed by atoms with van der Waals surface area (Å²) in [5.41, 5.74) is 0. The van der Waals surface area contributed by atoms with Gasteiger partial charge in [0.05, 0.1) is 18.8 Å². The van der Waals surface area contributed by atoms with Gasteiger partial charge >= 0.3 is 16.1 Å². The molecule has 1 aromatic rings. The molecule has 8 nitrogen and oxygen atoms in total. The van der Waals surface area contributed by atoms with Crippen molar-refractivity contribution in [2.45, 2.75) is 12.3 Å². The van der Waals surface area contributed by atoms with Gasteiger partial charge in [-0.1, -0.05) is 0 Å². The molecule has 122 valence electrons. The zero-order valence-electron chi connectivity index (χ0n) is 12.3. The Hall–Kier alpha value is -1.52. The number of carbonyl (C=O) groups is 1. The average Bonchev–Trinajstić information content (AvgIpc) is 2.92. The minimum absolute atomic E-state index is 0.160. The summed E-state index contributed by atoms with van der Waals surface area (Å²) in [4.78, 5) is 17.2. The van der Waals surface area contributed by atoms with Gasteiger partial charge in [0, 0.05) is 5.75 Å². The van der Waals surface area contributed by atoms with Crippen LogP contribution in [0.3, 0.4) is 0 Å². The maximum atomic E-state index is 11.3. The highest BCUT2D eigenvalue weighted by atomic mass is 32.2. The van der Waals surface area contributed by atoms with Crippen LogP contribution in [0.15, 0.2) is 21.5 Å². The molecule has 1 aliphatic rings. The molecule has 0 radical (unpaired) electrons. The van der Waals surface area contributed by atoms with Crippen LogP contribution >= 0.6 is 11.8 Å². The third-order valence-corrected chi connectivity index (χ3v) is 4.49. The van der Waals surface area contributed by atoms with Crippen LogP contribution in [0.5, 0.6) is 0 Å². The fraction of sp³-hybridized carbons (Fsp3) is 0.500. The standard InChI is InChI=1S/C12H18N4O4S2/c1-16(2)7-9-3-4-10(20-9)8-21-6-5-13-11-12(17)15-22(18,19)14-11/h3-4H,5-8H2,1-2H3,(H,13,14)(H,15,17). The van der Waals surface area contributed by atoms with E-state index in [4.69, 9.17) is 4.42 Å². The third-order valence-electron chi connectivity index (χ3n) is 2.61. The Labute approximate surface area is 133 Å². The summed E-state index contributed by atoms with van der Waals surface area (Å²) in [6.07, 6.45) is 0. The molecular weight excluding hydrogens is 328 g/mol. The number of amides is 1. The molecule has 2 N–H and O–H groups in total. The number of carbonyl (C=O) groups excluding carboxylic acids is 1. The fourth-order valence-electron chi connectivity index (χ4n) is 1.76. The predicted molar refractivity (Wildman–Crippen MR) is 84.8 cm³/mol.